The summed E-state index contributed by atoms with van der Waals surface area (Å²) in [5.74, 6) is -0.714. The van der Waals surface area contributed by atoms with Gasteiger partial charge in [0.2, 0.25) is 0 Å². The Kier molecular flexibility index (Phi) is 7.18. The van der Waals surface area contributed by atoms with E-state index in [0.29, 0.717) is 22.2 Å². The van der Waals surface area contributed by atoms with Crippen molar-refractivity contribution < 1.29 is 13.2 Å². The number of nitrogens with zero attached hydrogens (tertiary/aromatic N) is 2. The second-order valence-electron chi connectivity index (χ2n) is 13.3. The topological polar surface area (TPSA) is 21.3 Å². The van der Waals surface area contributed by atoms with Gasteiger partial charge in [0.25, 0.3) is 0 Å². The average Bonchev–Trinajstić information content (AvgIpc) is 3.73. The highest BCUT2D eigenvalue weighted by atomic mass is 19.1. The Bertz CT molecular complexity index is 2810. The molecule has 0 N–H and O–H groups in total. The normalized spacial score (nSPS) is 11.6. The minimum Gasteiger partial charge on any atom is -0.456 e. The first kappa shape index (κ1) is 30.8. The van der Waals surface area contributed by atoms with Gasteiger partial charge in [-0.3, -0.25) is 0 Å². The highest BCUT2D eigenvalue weighted by Crippen LogP contribution is 2.42. The van der Waals surface area contributed by atoms with E-state index in [0.717, 1.165) is 66.5 Å². The number of hydrogen-bond donors (Lipinski definition) is 0. The Morgan fingerprint density at radius 1 is 0.396 bits per heavy atom. The Morgan fingerprint density at radius 3 is 1.43 bits per heavy atom. The molecule has 0 aliphatic heterocycles. The lowest BCUT2D eigenvalue weighted by Gasteiger charge is -2.26. The first-order chi connectivity index (χ1) is 26.1. The molecule has 0 atom stereocenters. The molecule has 0 aliphatic rings. The minimum atomic E-state index is -0.357. The van der Waals surface area contributed by atoms with Crippen LogP contribution in [0.3, 0.4) is 0 Å². The molecule has 0 aliphatic carbocycles. The van der Waals surface area contributed by atoms with Crippen molar-refractivity contribution >= 4 is 60.8 Å². The van der Waals surface area contributed by atoms with Crippen molar-refractivity contribution in [3.05, 3.63) is 194 Å². The van der Waals surface area contributed by atoms with Crippen molar-refractivity contribution in [2.45, 2.75) is 0 Å². The van der Waals surface area contributed by atoms with Crippen LogP contribution >= 0.6 is 0 Å². The van der Waals surface area contributed by atoms with E-state index in [1.54, 1.807) is 12.1 Å². The zero-order valence-electron chi connectivity index (χ0n) is 28.4. The van der Waals surface area contributed by atoms with Crippen molar-refractivity contribution in [3.63, 3.8) is 0 Å². The molecule has 252 valence electrons. The van der Waals surface area contributed by atoms with Gasteiger partial charge < -0.3 is 13.9 Å². The number of aromatic nitrogens is 1. The van der Waals surface area contributed by atoms with Crippen LogP contribution < -0.4 is 4.90 Å². The number of furan rings is 1. The highest BCUT2D eigenvalue weighted by molar-refractivity contribution is 6.14. The van der Waals surface area contributed by atoms with Crippen LogP contribution in [0.25, 0.3) is 71.7 Å². The highest BCUT2D eigenvalue weighted by Gasteiger charge is 2.21. The summed E-state index contributed by atoms with van der Waals surface area (Å²) >= 11 is 0. The van der Waals surface area contributed by atoms with Crippen LogP contribution in [0.2, 0.25) is 0 Å². The van der Waals surface area contributed by atoms with Crippen LogP contribution in [0.5, 0.6) is 0 Å². The molecule has 0 radical (unpaired) electrons. The van der Waals surface area contributed by atoms with Crippen LogP contribution in [-0.4, -0.2) is 4.57 Å². The van der Waals surface area contributed by atoms with E-state index in [1.807, 2.05) is 34.9 Å². The summed E-state index contributed by atoms with van der Waals surface area (Å²) in [4.78, 5) is 2.23. The summed E-state index contributed by atoms with van der Waals surface area (Å²) in [7, 11) is 0. The monoisotopic (exact) mass is 688 g/mol. The predicted molar refractivity (Wildman–Crippen MR) is 214 cm³/mol. The molecular weight excluding hydrogens is 659 g/mol. The number of anilines is 3. The summed E-state index contributed by atoms with van der Waals surface area (Å²) in [5, 5.41) is 3.47. The Labute approximate surface area is 304 Å². The van der Waals surface area contributed by atoms with E-state index >= 15 is 0 Å². The van der Waals surface area contributed by atoms with Gasteiger partial charge in [0.15, 0.2) is 0 Å². The molecule has 2 heterocycles. The fraction of sp³-hybridized carbons (Fsp3) is 0. The zero-order chi connectivity index (χ0) is 35.5. The third-order valence-electron chi connectivity index (χ3n) is 10.1. The van der Waals surface area contributed by atoms with Crippen LogP contribution in [0.15, 0.2) is 186 Å². The molecule has 2 aromatic heterocycles. The van der Waals surface area contributed by atoms with Gasteiger partial charge in [0, 0.05) is 39.3 Å². The lowest BCUT2D eigenvalue weighted by atomic mass is 10.0. The predicted octanol–water partition coefficient (Wildman–Crippen LogP) is 13.8. The van der Waals surface area contributed by atoms with Gasteiger partial charge in [-0.25, -0.2) is 8.78 Å². The van der Waals surface area contributed by atoms with Gasteiger partial charge in [-0.15, -0.1) is 0 Å². The summed E-state index contributed by atoms with van der Waals surface area (Å²) in [5.41, 5.74) is 11.0. The quantitative estimate of drug-likeness (QED) is 0.173. The third-order valence-corrected chi connectivity index (χ3v) is 10.1. The smallest absolute Gasteiger partial charge is 0.137 e. The van der Waals surface area contributed by atoms with Gasteiger partial charge in [-0.1, -0.05) is 91.0 Å². The second-order valence-corrected chi connectivity index (χ2v) is 13.3. The van der Waals surface area contributed by atoms with E-state index in [4.69, 9.17) is 4.42 Å². The van der Waals surface area contributed by atoms with Crippen molar-refractivity contribution in [3.8, 4) is 27.9 Å². The third kappa shape index (κ3) is 5.25. The molecule has 0 bridgehead atoms. The zero-order valence-corrected chi connectivity index (χ0v) is 28.4. The largest absolute Gasteiger partial charge is 0.456 e. The SMILES string of the molecule is Fc1ccc2c3ccc(F)cc3n(-c3cccc4oc5cc(N(c6ccc(-c7ccccc7)cc6)c6ccc(-c7ccccc7)cc6)ccc5c34)c2c1. The first-order valence-electron chi connectivity index (χ1n) is 17.6. The van der Waals surface area contributed by atoms with Gasteiger partial charge in [-0.2, -0.15) is 0 Å². The van der Waals surface area contributed by atoms with Gasteiger partial charge >= 0.3 is 0 Å². The maximum Gasteiger partial charge on any atom is 0.137 e. The van der Waals surface area contributed by atoms with Crippen molar-refractivity contribution in [2.24, 2.45) is 0 Å². The summed E-state index contributed by atoms with van der Waals surface area (Å²) in [6.45, 7) is 0. The Balaban J connectivity index is 1.14. The second kappa shape index (κ2) is 12.4. The lowest BCUT2D eigenvalue weighted by molar-refractivity contribution is 0.629. The molecule has 3 nitrogen and oxygen atoms in total. The van der Waals surface area contributed by atoms with E-state index < -0.39 is 0 Å². The number of fused-ring (bicyclic) bond motifs is 6. The van der Waals surface area contributed by atoms with Crippen LogP contribution in [0, 0.1) is 11.6 Å². The molecule has 10 aromatic rings. The lowest BCUT2D eigenvalue weighted by Crippen LogP contribution is -2.09. The summed E-state index contributed by atoms with van der Waals surface area (Å²) < 4.78 is 38.0. The van der Waals surface area contributed by atoms with Gasteiger partial charge in [0.1, 0.15) is 22.8 Å². The number of rotatable bonds is 6. The molecule has 0 saturated heterocycles. The molecule has 0 amide bonds. The molecule has 0 unspecified atom stereocenters. The standard InChI is InChI=1S/C48H30F2N2O/c49-35-18-25-40-41-26-19-36(50)29-45(41)52(44(40)28-35)43-12-7-13-46-48(43)42-27-24-39(30-47(42)53-46)51(37-20-14-33(15-21-37)31-8-3-1-4-9-31)38-22-16-34(17-23-38)32-10-5-2-6-11-32/h1-30H. The van der Waals surface area contributed by atoms with Gasteiger partial charge in [0.05, 0.1) is 22.1 Å². The first-order valence-corrected chi connectivity index (χ1v) is 17.6. The maximum atomic E-state index is 14.8. The Morgan fingerprint density at radius 2 is 0.887 bits per heavy atom. The van der Waals surface area contributed by atoms with Crippen molar-refractivity contribution in [1.29, 1.82) is 0 Å². The number of halogens is 2. The van der Waals surface area contributed by atoms with Crippen LogP contribution in [0.1, 0.15) is 0 Å². The molecule has 53 heavy (non-hydrogen) atoms. The number of hydrogen-bond acceptors (Lipinski definition) is 2. The fourth-order valence-electron chi connectivity index (χ4n) is 7.66. The molecule has 5 heteroatoms. The molecule has 0 saturated carbocycles. The van der Waals surface area contributed by atoms with E-state index in [2.05, 4.69) is 120 Å². The molecule has 0 fully saturated rings. The summed E-state index contributed by atoms with van der Waals surface area (Å²) in [6, 6.07) is 59.5. The Hall–Kier alpha value is -6.98. The maximum absolute atomic E-state index is 14.8. The molecule has 8 aromatic carbocycles. The van der Waals surface area contributed by atoms with E-state index in [1.165, 1.54) is 24.3 Å². The molecular formula is C48H30F2N2O. The van der Waals surface area contributed by atoms with Crippen LogP contribution in [-0.2, 0) is 0 Å². The van der Waals surface area contributed by atoms with Gasteiger partial charge in [-0.05, 0) is 107 Å². The van der Waals surface area contributed by atoms with E-state index in [9.17, 15) is 8.78 Å². The van der Waals surface area contributed by atoms with Crippen LogP contribution in [0.4, 0.5) is 25.8 Å². The average molecular weight is 689 g/mol. The fourth-order valence-corrected chi connectivity index (χ4v) is 7.66. The molecule has 10 rings (SSSR count). The summed E-state index contributed by atoms with van der Waals surface area (Å²) in [6.07, 6.45) is 0. The minimum absolute atomic E-state index is 0.357. The molecule has 0 spiro atoms. The van der Waals surface area contributed by atoms with Crippen molar-refractivity contribution in [2.75, 3.05) is 4.90 Å². The number of benzene rings is 8. The van der Waals surface area contributed by atoms with E-state index in [-0.39, 0.29) is 11.6 Å². The van der Waals surface area contributed by atoms with Crippen molar-refractivity contribution in [1.82, 2.24) is 4.57 Å².